The summed E-state index contributed by atoms with van der Waals surface area (Å²) in [6.07, 6.45) is 1.08. The minimum absolute atomic E-state index is 0.104. The fraction of sp³-hybridized carbons (Fsp3) is 0.417. The second kappa shape index (κ2) is 6.00. The molecule has 1 fully saturated rings. The van der Waals surface area contributed by atoms with E-state index >= 15 is 0 Å². The van der Waals surface area contributed by atoms with Crippen molar-refractivity contribution in [3.63, 3.8) is 0 Å². The van der Waals surface area contributed by atoms with Gasteiger partial charge in [0, 0.05) is 23.6 Å². The van der Waals surface area contributed by atoms with Crippen LogP contribution < -0.4 is 4.72 Å². The van der Waals surface area contributed by atoms with Crippen LogP contribution in [0, 0.1) is 5.92 Å². The maximum absolute atomic E-state index is 12.3. The van der Waals surface area contributed by atoms with Gasteiger partial charge in [-0.1, -0.05) is 23.2 Å². The summed E-state index contributed by atoms with van der Waals surface area (Å²) in [4.78, 5) is 10.2. The molecule has 0 aliphatic heterocycles. The lowest BCUT2D eigenvalue weighted by Gasteiger charge is -2.36. The van der Waals surface area contributed by atoms with Gasteiger partial charge in [-0.15, -0.1) is 0 Å². The van der Waals surface area contributed by atoms with Gasteiger partial charge in [0.15, 0.2) is 0 Å². The van der Waals surface area contributed by atoms with Crippen molar-refractivity contribution in [1.29, 1.82) is 0 Å². The summed E-state index contributed by atoms with van der Waals surface area (Å²) in [5.74, 6) is -1.78. The average molecular weight is 354 g/mol. The van der Waals surface area contributed by atoms with E-state index in [4.69, 9.17) is 28.3 Å². The number of carboxylic acids is 1. The van der Waals surface area contributed by atoms with Crippen molar-refractivity contribution in [3.8, 4) is 5.75 Å². The van der Waals surface area contributed by atoms with Crippen molar-refractivity contribution in [3.05, 3.63) is 22.2 Å². The lowest BCUT2D eigenvalue weighted by Crippen LogP contribution is -2.47. The normalized spacial score (nSPS) is 21.8. The van der Waals surface area contributed by atoms with Crippen LogP contribution >= 0.6 is 23.2 Å². The number of benzene rings is 1. The molecule has 0 saturated heterocycles. The highest BCUT2D eigenvalue weighted by atomic mass is 35.5. The average Bonchev–Trinajstić information content (AvgIpc) is 2.30. The predicted octanol–water partition coefficient (Wildman–Crippen LogP) is 2.23. The van der Waals surface area contributed by atoms with Crippen LogP contribution in [0.3, 0.4) is 0 Å². The molecule has 1 saturated carbocycles. The number of halogens is 2. The van der Waals surface area contributed by atoms with E-state index in [1.807, 2.05) is 0 Å². The van der Waals surface area contributed by atoms with Gasteiger partial charge in [-0.2, -0.15) is 0 Å². The number of hydrogen-bond donors (Lipinski definition) is 3. The zero-order valence-corrected chi connectivity index (χ0v) is 13.0. The van der Waals surface area contributed by atoms with Gasteiger partial charge >= 0.3 is 5.97 Å². The first-order valence-corrected chi connectivity index (χ1v) is 8.36. The lowest BCUT2D eigenvalue weighted by atomic mass is 9.78. The summed E-state index contributed by atoms with van der Waals surface area (Å²) in [5, 5.41) is 18.4. The number of aliphatic carboxylic acids is 1. The Bertz CT molecular complexity index is 653. The number of rotatable bonds is 5. The molecule has 2 atom stereocenters. The standard InChI is InChI=1S/C12H13Cl2NO5S/c13-7-4-8(14)12(10(16)5-7)21(19,20)15-9-2-1-6(9)3-11(17)18/h4-6,9,15-16H,1-3H2,(H,17,18). The molecule has 0 heterocycles. The van der Waals surface area contributed by atoms with E-state index in [2.05, 4.69) is 4.72 Å². The van der Waals surface area contributed by atoms with Gasteiger partial charge < -0.3 is 10.2 Å². The van der Waals surface area contributed by atoms with E-state index in [-0.39, 0.29) is 22.4 Å². The van der Waals surface area contributed by atoms with Crippen LogP contribution in [0.15, 0.2) is 17.0 Å². The lowest BCUT2D eigenvalue weighted by molar-refractivity contribution is -0.139. The van der Waals surface area contributed by atoms with Gasteiger partial charge in [-0.25, -0.2) is 13.1 Å². The number of aromatic hydroxyl groups is 1. The van der Waals surface area contributed by atoms with Crippen molar-refractivity contribution in [2.45, 2.75) is 30.2 Å². The maximum atomic E-state index is 12.3. The van der Waals surface area contributed by atoms with Gasteiger partial charge in [-0.3, -0.25) is 4.79 Å². The van der Waals surface area contributed by atoms with Crippen LogP contribution in [0.4, 0.5) is 0 Å². The van der Waals surface area contributed by atoms with Crippen molar-refractivity contribution in [2.75, 3.05) is 0 Å². The van der Waals surface area contributed by atoms with Crippen LogP contribution in [-0.2, 0) is 14.8 Å². The summed E-state index contributed by atoms with van der Waals surface area (Å²) in [5.41, 5.74) is 0. The van der Waals surface area contributed by atoms with E-state index in [0.717, 1.165) is 6.07 Å². The van der Waals surface area contributed by atoms with Crippen LogP contribution in [0.5, 0.6) is 5.75 Å². The second-order valence-corrected chi connectivity index (χ2v) is 7.39. The third-order valence-electron chi connectivity index (χ3n) is 3.42. The molecule has 0 aromatic heterocycles. The molecular formula is C12H13Cl2NO5S. The van der Waals surface area contributed by atoms with Gasteiger partial charge in [0.05, 0.1) is 5.02 Å². The highest BCUT2D eigenvalue weighted by molar-refractivity contribution is 7.89. The van der Waals surface area contributed by atoms with Crippen molar-refractivity contribution < 1.29 is 23.4 Å². The summed E-state index contributed by atoms with van der Waals surface area (Å²) >= 11 is 11.5. The molecule has 0 radical (unpaired) electrons. The Morgan fingerprint density at radius 1 is 1.33 bits per heavy atom. The van der Waals surface area contributed by atoms with Crippen LogP contribution in [0.25, 0.3) is 0 Å². The van der Waals surface area contributed by atoms with Crippen molar-refractivity contribution in [2.24, 2.45) is 5.92 Å². The van der Waals surface area contributed by atoms with Crippen molar-refractivity contribution >= 4 is 39.2 Å². The molecule has 1 aliphatic rings. The largest absolute Gasteiger partial charge is 0.506 e. The zero-order valence-electron chi connectivity index (χ0n) is 10.7. The quantitative estimate of drug-likeness (QED) is 0.752. The minimum Gasteiger partial charge on any atom is -0.506 e. The van der Waals surface area contributed by atoms with Crippen LogP contribution in [0.1, 0.15) is 19.3 Å². The monoisotopic (exact) mass is 353 g/mol. The SMILES string of the molecule is O=C(O)CC1CCC1NS(=O)(=O)c1c(O)cc(Cl)cc1Cl. The fourth-order valence-electron chi connectivity index (χ4n) is 2.26. The fourth-order valence-corrected chi connectivity index (χ4v) is 4.53. The molecule has 3 N–H and O–H groups in total. The van der Waals surface area contributed by atoms with Gasteiger partial charge in [0.25, 0.3) is 0 Å². The van der Waals surface area contributed by atoms with E-state index in [0.29, 0.717) is 12.8 Å². The molecule has 0 amide bonds. The minimum atomic E-state index is -4.05. The molecule has 1 aliphatic carbocycles. The first kappa shape index (κ1) is 16.4. The molecule has 0 bridgehead atoms. The van der Waals surface area contributed by atoms with Gasteiger partial charge in [-0.05, 0) is 24.8 Å². The molecule has 2 unspecified atom stereocenters. The van der Waals surface area contributed by atoms with Crippen LogP contribution in [-0.4, -0.2) is 30.6 Å². The molecule has 9 heteroatoms. The van der Waals surface area contributed by atoms with Crippen molar-refractivity contribution in [1.82, 2.24) is 4.72 Å². The number of carboxylic acid groups (broad SMARTS) is 1. The second-order valence-electron chi connectivity index (χ2n) is 4.90. The van der Waals surface area contributed by atoms with E-state index in [9.17, 15) is 18.3 Å². The number of carbonyl (C=O) groups is 1. The Labute approximate surface area is 131 Å². The Kier molecular flexibility index (Phi) is 4.67. The highest BCUT2D eigenvalue weighted by Crippen LogP contribution is 2.36. The highest BCUT2D eigenvalue weighted by Gasteiger charge is 2.37. The van der Waals surface area contributed by atoms with E-state index in [1.165, 1.54) is 6.07 Å². The molecule has 21 heavy (non-hydrogen) atoms. The predicted molar refractivity (Wildman–Crippen MR) is 77.2 cm³/mol. The zero-order chi connectivity index (χ0) is 15.8. The summed E-state index contributed by atoms with van der Waals surface area (Å²) < 4.78 is 26.9. The molecule has 6 nitrogen and oxygen atoms in total. The molecule has 1 aromatic carbocycles. The number of hydrogen-bond acceptors (Lipinski definition) is 4. The number of sulfonamides is 1. The molecule has 116 valence electrons. The first-order chi connectivity index (χ1) is 9.70. The molecule has 0 spiro atoms. The summed E-state index contributed by atoms with van der Waals surface area (Å²) in [7, 11) is -4.05. The Hall–Kier alpha value is -1.02. The summed E-state index contributed by atoms with van der Waals surface area (Å²) in [6, 6.07) is 1.82. The molecule has 1 aromatic rings. The smallest absolute Gasteiger partial charge is 0.303 e. The Morgan fingerprint density at radius 2 is 2.00 bits per heavy atom. The van der Waals surface area contributed by atoms with E-state index in [1.54, 1.807) is 0 Å². The maximum Gasteiger partial charge on any atom is 0.303 e. The Morgan fingerprint density at radius 3 is 2.48 bits per heavy atom. The van der Waals surface area contributed by atoms with Gasteiger partial charge in [0.2, 0.25) is 10.0 Å². The van der Waals surface area contributed by atoms with Crippen LogP contribution in [0.2, 0.25) is 10.0 Å². The summed E-state index contributed by atoms with van der Waals surface area (Å²) in [6.45, 7) is 0. The number of phenols is 1. The third-order valence-corrected chi connectivity index (χ3v) is 5.63. The Balaban J connectivity index is 2.22. The van der Waals surface area contributed by atoms with E-state index < -0.39 is 32.7 Å². The number of nitrogens with one attached hydrogen (secondary N) is 1. The molecule has 2 rings (SSSR count). The topological polar surface area (TPSA) is 104 Å². The molecular weight excluding hydrogens is 341 g/mol. The number of phenolic OH excluding ortho intramolecular Hbond substituents is 1. The first-order valence-electron chi connectivity index (χ1n) is 6.13. The third kappa shape index (κ3) is 3.60. The van der Waals surface area contributed by atoms with Gasteiger partial charge in [0.1, 0.15) is 10.6 Å².